The van der Waals surface area contributed by atoms with Gasteiger partial charge in [0, 0.05) is 31.7 Å². The molecule has 1 amide bonds. The summed E-state index contributed by atoms with van der Waals surface area (Å²) < 4.78 is 11.2. The lowest BCUT2D eigenvalue weighted by molar-refractivity contribution is -0.140. The van der Waals surface area contributed by atoms with Crippen LogP contribution in [0.1, 0.15) is 36.1 Å². The van der Waals surface area contributed by atoms with Crippen molar-refractivity contribution in [1.82, 2.24) is 9.80 Å². The number of aliphatic hydroxyl groups excluding tert-OH is 1. The first kappa shape index (κ1) is 24.0. The van der Waals surface area contributed by atoms with Crippen molar-refractivity contribution in [2.75, 3.05) is 46.0 Å². The fourth-order valence-corrected chi connectivity index (χ4v) is 4.39. The summed E-state index contributed by atoms with van der Waals surface area (Å²) in [4.78, 5) is 30.2. The van der Waals surface area contributed by atoms with Crippen molar-refractivity contribution in [3.05, 3.63) is 70.8 Å². The summed E-state index contributed by atoms with van der Waals surface area (Å²) in [6, 6.07) is 14.0. The van der Waals surface area contributed by atoms with Crippen LogP contribution < -0.4 is 4.74 Å². The zero-order valence-electron chi connectivity index (χ0n) is 19.8. The van der Waals surface area contributed by atoms with Gasteiger partial charge in [-0.05, 0) is 31.0 Å². The average Bonchev–Trinajstić information content (AvgIpc) is 3.12. The standard InChI is InChI=1S/C27H32N2O5/c1-3-15-34-22-6-4-5-21(18-22)24-23(25(30)20-9-7-19(2)8-10-20)26(31)27(32)29(24)12-11-28-13-16-33-17-14-28/h4-10,18,24,30H,3,11-17H2,1-2H3. The van der Waals surface area contributed by atoms with Crippen molar-refractivity contribution < 1.29 is 24.2 Å². The van der Waals surface area contributed by atoms with Gasteiger partial charge in [0.1, 0.15) is 11.5 Å². The lowest BCUT2D eigenvalue weighted by Crippen LogP contribution is -2.42. The maximum Gasteiger partial charge on any atom is 0.295 e. The minimum absolute atomic E-state index is 0.114. The van der Waals surface area contributed by atoms with Gasteiger partial charge < -0.3 is 19.5 Å². The van der Waals surface area contributed by atoms with Crippen LogP contribution in [0.4, 0.5) is 0 Å². The molecule has 34 heavy (non-hydrogen) atoms. The number of morpholine rings is 1. The molecular formula is C27H32N2O5. The summed E-state index contributed by atoms with van der Waals surface area (Å²) in [7, 11) is 0. The van der Waals surface area contributed by atoms with Gasteiger partial charge in [-0.3, -0.25) is 14.5 Å². The first-order chi connectivity index (χ1) is 16.5. The van der Waals surface area contributed by atoms with Crippen LogP contribution in [0.15, 0.2) is 54.1 Å². The highest BCUT2D eigenvalue weighted by atomic mass is 16.5. The molecular weight excluding hydrogens is 432 g/mol. The second-order valence-corrected chi connectivity index (χ2v) is 8.73. The van der Waals surface area contributed by atoms with E-state index in [0.29, 0.717) is 44.2 Å². The van der Waals surface area contributed by atoms with E-state index in [1.807, 2.05) is 50.2 Å². The molecule has 2 fully saturated rings. The number of benzene rings is 2. The molecule has 2 aromatic carbocycles. The minimum atomic E-state index is -0.687. The zero-order chi connectivity index (χ0) is 24.1. The van der Waals surface area contributed by atoms with E-state index in [2.05, 4.69) is 4.90 Å². The number of nitrogens with zero attached hydrogens (tertiary/aromatic N) is 2. The minimum Gasteiger partial charge on any atom is -0.507 e. The zero-order valence-corrected chi connectivity index (χ0v) is 19.8. The highest BCUT2D eigenvalue weighted by Gasteiger charge is 2.46. The Morgan fingerprint density at radius 1 is 1.09 bits per heavy atom. The number of amides is 1. The van der Waals surface area contributed by atoms with Gasteiger partial charge in [-0.25, -0.2) is 0 Å². The Morgan fingerprint density at radius 3 is 2.53 bits per heavy atom. The molecule has 7 nitrogen and oxygen atoms in total. The maximum absolute atomic E-state index is 13.2. The maximum atomic E-state index is 13.2. The van der Waals surface area contributed by atoms with Crippen molar-refractivity contribution in [1.29, 1.82) is 0 Å². The van der Waals surface area contributed by atoms with Crippen LogP contribution >= 0.6 is 0 Å². The Hall–Kier alpha value is -3.16. The highest BCUT2D eigenvalue weighted by molar-refractivity contribution is 6.46. The van der Waals surface area contributed by atoms with E-state index >= 15 is 0 Å². The molecule has 2 heterocycles. The molecule has 1 N–H and O–H groups in total. The number of carbonyl (C=O) groups is 2. The van der Waals surface area contributed by atoms with E-state index in [1.165, 1.54) is 0 Å². The van der Waals surface area contributed by atoms with Crippen molar-refractivity contribution in [3.8, 4) is 5.75 Å². The number of carbonyl (C=O) groups excluding carboxylic acids is 2. The molecule has 0 aliphatic carbocycles. The number of aryl methyl sites for hydroxylation is 1. The summed E-state index contributed by atoms with van der Waals surface area (Å²) in [5, 5.41) is 11.2. The normalized spacial score (nSPS) is 20.6. The molecule has 2 aliphatic heterocycles. The number of Topliss-reactive ketones (excluding diaryl/α,β-unsaturated/α-hetero) is 1. The smallest absolute Gasteiger partial charge is 0.295 e. The largest absolute Gasteiger partial charge is 0.507 e. The number of ether oxygens (including phenoxy) is 2. The van der Waals surface area contributed by atoms with Crippen molar-refractivity contribution in [3.63, 3.8) is 0 Å². The van der Waals surface area contributed by atoms with Crippen molar-refractivity contribution >= 4 is 17.4 Å². The molecule has 180 valence electrons. The summed E-state index contributed by atoms with van der Waals surface area (Å²) in [6.45, 7) is 8.46. The third kappa shape index (κ3) is 5.16. The van der Waals surface area contributed by atoms with Crippen LogP contribution in [0, 0.1) is 6.92 Å². The molecule has 2 saturated heterocycles. The summed E-state index contributed by atoms with van der Waals surface area (Å²) in [6.07, 6.45) is 0.871. The SMILES string of the molecule is CCCOc1cccc(C2C(=C(O)c3ccc(C)cc3)C(=O)C(=O)N2CCN2CCOCC2)c1. The molecule has 4 rings (SSSR count). The van der Waals surface area contributed by atoms with Gasteiger partial charge in [-0.15, -0.1) is 0 Å². The monoisotopic (exact) mass is 464 g/mol. The molecule has 1 unspecified atom stereocenters. The molecule has 1 atom stereocenters. The Bertz CT molecular complexity index is 1060. The fraction of sp³-hybridized carbons (Fsp3) is 0.407. The van der Waals surface area contributed by atoms with E-state index in [1.54, 1.807) is 17.0 Å². The van der Waals surface area contributed by atoms with Crippen LogP contribution in [-0.2, 0) is 14.3 Å². The van der Waals surface area contributed by atoms with E-state index in [0.717, 1.165) is 30.6 Å². The number of hydrogen-bond acceptors (Lipinski definition) is 6. The second-order valence-electron chi connectivity index (χ2n) is 8.73. The molecule has 0 saturated carbocycles. The second kappa shape index (κ2) is 10.8. The number of likely N-dealkylation sites (tertiary alicyclic amines) is 1. The Balaban J connectivity index is 1.73. The fourth-order valence-electron chi connectivity index (χ4n) is 4.39. The van der Waals surface area contributed by atoms with Crippen LogP contribution in [0.3, 0.4) is 0 Å². The van der Waals surface area contributed by atoms with Gasteiger partial charge >= 0.3 is 0 Å². The van der Waals surface area contributed by atoms with Gasteiger partial charge in [0.25, 0.3) is 11.7 Å². The van der Waals surface area contributed by atoms with Crippen molar-refractivity contribution in [2.45, 2.75) is 26.3 Å². The lowest BCUT2D eigenvalue weighted by atomic mass is 9.95. The Morgan fingerprint density at radius 2 is 1.82 bits per heavy atom. The van der Waals surface area contributed by atoms with Gasteiger partial charge in [-0.1, -0.05) is 48.9 Å². The predicted octanol–water partition coefficient (Wildman–Crippen LogP) is 3.54. The van der Waals surface area contributed by atoms with E-state index in [-0.39, 0.29) is 11.3 Å². The van der Waals surface area contributed by atoms with Crippen molar-refractivity contribution in [2.24, 2.45) is 0 Å². The molecule has 2 aromatic rings. The van der Waals surface area contributed by atoms with Crippen LogP contribution in [-0.4, -0.2) is 72.6 Å². The van der Waals surface area contributed by atoms with Crippen LogP contribution in [0.5, 0.6) is 5.75 Å². The first-order valence-corrected chi connectivity index (χ1v) is 11.9. The number of aliphatic hydroxyl groups is 1. The third-order valence-corrected chi connectivity index (χ3v) is 6.27. The van der Waals surface area contributed by atoms with Crippen LogP contribution in [0.25, 0.3) is 5.76 Å². The molecule has 2 aliphatic rings. The van der Waals surface area contributed by atoms with E-state index < -0.39 is 17.7 Å². The predicted molar refractivity (Wildman–Crippen MR) is 130 cm³/mol. The van der Waals surface area contributed by atoms with E-state index in [4.69, 9.17) is 9.47 Å². The summed E-state index contributed by atoms with van der Waals surface area (Å²) in [5.74, 6) is -0.734. The first-order valence-electron chi connectivity index (χ1n) is 11.9. The van der Waals surface area contributed by atoms with Crippen LogP contribution in [0.2, 0.25) is 0 Å². The number of rotatable bonds is 8. The molecule has 0 radical (unpaired) electrons. The van der Waals surface area contributed by atoms with Gasteiger partial charge in [0.2, 0.25) is 0 Å². The Kier molecular flexibility index (Phi) is 7.65. The molecule has 0 spiro atoms. The average molecular weight is 465 g/mol. The molecule has 7 heteroatoms. The van der Waals surface area contributed by atoms with Gasteiger partial charge in [-0.2, -0.15) is 0 Å². The third-order valence-electron chi connectivity index (χ3n) is 6.27. The highest BCUT2D eigenvalue weighted by Crippen LogP contribution is 2.40. The summed E-state index contributed by atoms with van der Waals surface area (Å²) in [5.41, 5.74) is 2.41. The molecule has 0 bridgehead atoms. The quantitative estimate of drug-likeness (QED) is 0.366. The van der Waals surface area contributed by atoms with Gasteiger partial charge in [0.15, 0.2) is 0 Å². The summed E-state index contributed by atoms with van der Waals surface area (Å²) >= 11 is 0. The lowest BCUT2D eigenvalue weighted by Gasteiger charge is -2.31. The Labute approximate surface area is 200 Å². The number of hydrogen-bond donors (Lipinski definition) is 1. The topological polar surface area (TPSA) is 79.3 Å². The molecule has 0 aromatic heterocycles. The van der Waals surface area contributed by atoms with E-state index in [9.17, 15) is 14.7 Å². The van der Waals surface area contributed by atoms with Gasteiger partial charge in [0.05, 0.1) is 31.4 Å². The number of ketones is 1.